The normalized spacial score (nSPS) is 12.3. The van der Waals surface area contributed by atoms with E-state index in [0.29, 0.717) is 0 Å². The molecule has 0 saturated heterocycles. The Kier molecular flexibility index (Phi) is 4.58. The van der Waals surface area contributed by atoms with E-state index in [1.807, 2.05) is 20.9 Å². The number of aromatic nitrogens is 2. The van der Waals surface area contributed by atoms with Gasteiger partial charge in [-0.2, -0.15) is 10.2 Å². The predicted octanol–water partition coefficient (Wildman–Crippen LogP) is 3.03. The third kappa shape index (κ3) is 2.90. The summed E-state index contributed by atoms with van der Waals surface area (Å²) < 4.78 is 5.66. The van der Waals surface area contributed by atoms with Gasteiger partial charge in [0, 0.05) is 5.56 Å². The van der Waals surface area contributed by atoms with Crippen molar-refractivity contribution in [3.05, 3.63) is 51.8 Å². The summed E-state index contributed by atoms with van der Waals surface area (Å²) in [4.78, 5) is 0. The van der Waals surface area contributed by atoms with Crippen molar-refractivity contribution in [2.75, 3.05) is 14.2 Å². The minimum atomic E-state index is 0.0356. The molecule has 0 fully saturated rings. The van der Waals surface area contributed by atoms with Gasteiger partial charge < -0.3 is 10.1 Å². The van der Waals surface area contributed by atoms with E-state index < -0.39 is 0 Å². The molecule has 0 radical (unpaired) electrons. The lowest BCUT2D eigenvalue weighted by molar-refractivity contribution is 0.401. The van der Waals surface area contributed by atoms with Crippen LogP contribution in [0.2, 0.25) is 0 Å². The summed E-state index contributed by atoms with van der Waals surface area (Å²) in [7, 11) is 3.68. The fourth-order valence-corrected chi connectivity index (χ4v) is 2.65. The Morgan fingerprint density at radius 1 is 1.05 bits per heavy atom. The fraction of sp³-hybridized carbons (Fsp3) is 0.412. The third-order valence-corrected chi connectivity index (χ3v) is 3.96. The summed E-state index contributed by atoms with van der Waals surface area (Å²) in [5, 5.41) is 11.7. The number of rotatable bonds is 4. The topological polar surface area (TPSA) is 47.0 Å². The van der Waals surface area contributed by atoms with Crippen LogP contribution in [0.15, 0.2) is 18.2 Å². The van der Waals surface area contributed by atoms with Crippen LogP contribution >= 0.6 is 0 Å². The number of aryl methyl sites for hydroxylation is 3. The van der Waals surface area contributed by atoms with Gasteiger partial charge in [0.05, 0.1) is 24.5 Å². The molecule has 112 valence electrons. The molecule has 0 saturated carbocycles. The molecule has 1 heterocycles. The number of hydrogen-bond acceptors (Lipinski definition) is 4. The average molecular weight is 285 g/mol. The highest BCUT2D eigenvalue weighted by molar-refractivity contribution is 5.50. The molecule has 1 N–H and O–H groups in total. The molecule has 1 atom stereocenters. The Labute approximate surface area is 126 Å². The minimum absolute atomic E-state index is 0.0356. The largest absolute Gasteiger partial charge is 0.496 e. The molecule has 0 aliphatic rings. The summed E-state index contributed by atoms with van der Waals surface area (Å²) >= 11 is 0. The molecule has 0 spiro atoms. The number of nitrogens with one attached hydrogen (secondary N) is 1. The SMILES string of the molecule is CNC(c1cc(C)nnc1C)c1ccc(C)c(C)c1OC. The molecule has 2 aromatic rings. The molecule has 1 unspecified atom stereocenters. The van der Waals surface area contributed by atoms with Gasteiger partial charge in [-0.3, -0.25) is 0 Å². The van der Waals surface area contributed by atoms with E-state index >= 15 is 0 Å². The third-order valence-electron chi connectivity index (χ3n) is 3.96. The molecular formula is C17H23N3O. The van der Waals surface area contributed by atoms with E-state index in [9.17, 15) is 0 Å². The standard InChI is InChI=1S/C17H23N3O/c1-10-7-8-14(17(21-6)12(10)3)16(18-5)15-9-11(2)19-20-13(15)4/h7-9,16,18H,1-6H3. The van der Waals surface area contributed by atoms with Gasteiger partial charge in [0.15, 0.2) is 0 Å². The number of hydrogen-bond donors (Lipinski definition) is 1. The molecule has 21 heavy (non-hydrogen) atoms. The monoisotopic (exact) mass is 285 g/mol. The van der Waals surface area contributed by atoms with Crippen molar-refractivity contribution in [2.24, 2.45) is 0 Å². The Hall–Kier alpha value is -1.94. The quantitative estimate of drug-likeness (QED) is 0.938. The molecule has 0 amide bonds. The molecule has 0 bridgehead atoms. The molecular weight excluding hydrogens is 262 g/mol. The van der Waals surface area contributed by atoms with E-state index in [0.717, 1.165) is 28.3 Å². The van der Waals surface area contributed by atoms with Crippen LogP contribution in [0.5, 0.6) is 5.75 Å². The highest BCUT2D eigenvalue weighted by Crippen LogP contribution is 2.34. The molecule has 0 aliphatic heterocycles. The lowest BCUT2D eigenvalue weighted by atomic mass is 9.93. The van der Waals surface area contributed by atoms with Crippen molar-refractivity contribution in [3.63, 3.8) is 0 Å². The van der Waals surface area contributed by atoms with Crippen LogP contribution in [0.3, 0.4) is 0 Å². The molecule has 4 heteroatoms. The van der Waals surface area contributed by atoms with Gasteiger partial charge in [0.25, 0.3) is 0 Å². The first-order chi connectivity index (χ1) is 9.99. The number of benzene rings is 1. The predicted molar refractivity (Wildman–Crippen MR) is 84.9 cm³/mol. The number of methoxy groups -OCH3 is 1. The summed E-state index contributed by atoms with van der Waals surface area (Å²) in [5.41, 5.74) is 6.50. The second-order valence-corrected chi connectivity index (χ2v) is 5.38. The summed E-state index contributed by atoms with van der Waals surface area (Å²) in [6.45, 7) is 8.13. The maximum atomic E-state index is 5.66. The van der Waals surface area contributed by atoms with Crippen LogP contribution < -0.4 is 10.1 Å². The van der Waals surface area contributed by atoms with Gasteiger partial charge >= 0.3 is 0 Å². The summed E-state index contributed by atoms with van der Waals surface area (Å²) in [5.74, 6) is 0.934. The first-order valence-electron chi connectivity index (χ1n) is 7.11. The number of nitrogens with zero attached hydrogens (tertiary/aromatic N) is 2. The zero-order valence-electron chi connectivity index (χ0n) is 13.6. The van der Waals surface area contributed by atoms with E-state index in [2.05, 4.69) is 47.6 Å². The highest BCUT2D eigenvalue weighted by atomic mass is 16.5. The first kappa shape index (κ1) is 15.4. The van der Waals surface area contributed by atoms with E-state index in [1.54, 1.807) is 7.11 Å². The fourth-order valence-electron chi connectivity index (χ4n) is 2.65. The number of ether oxygens (including phenoxy) is 1. The van der Waals surface area contributed by atoms with Crippen molar-refractivity contribution in [1.29, 1.82) is 0 Å². The zero-order valence-corrected chi connectivity index (χ0v) is 13.6. The van der Waals surface area contributed by atoms with Crippen LogP contribution in [0.25, 0.3) is 0 Å². The zero-order chi connectivity index (χ0) is 15.6. The van der Waals surface area contributed by atoms with Gasteiger partial charge in [-0.25, -0.2) is 0 Å². The highest BCUT2D eigenvalue weighted by Gasteiger charge is 2.21. The average Bonchev–Trinajstić information content (AvgIpc) is 2.47. The van der Waals surface area contributed by atoms with Gasteiger partial charge in [0.2, 0.25) is 0 Å². The van der Waals surface area contributed by atoms with Gasteiger partial charge in [-0.1, -0.05) is 12.1 Å². The van der Waals surface area contributed by atoms with Crippen molar-refractivity contribution >= 4 is 0 Å². The van der Waals surface area contributed by atoms with Crippen LogP contribution in [0.1, 0.15) is 39.7 Å². The molecule has 1 aromatic carbocycles. The first-order valence-corrected chi connectivity index (χ1v) is 7.11. The van der Waals surface area contributed by atoms with Gasteiger partial charge in [-0.15, -0.1) is 0 Å². The lowest BCUT2D eigenvalue weighted by Gasteiger charge is -2.23. The second kappa shape index (κ2) is 6.22. The maximum Gasteiger partial charge on any atom is 0.127 e. The Morgan fingerprint density at radius 3 is 2.38 bits per heavy atom. The van der Waals surface area contributed by atoms with E-state index in [1.165, 1.54) is 11.1 Å². The van der Waals surface area contributed by atoms with E-state index in [-0.39, 0.29) is 6.04 Å². The summed E-state index contributed by atoms with van der Waals surface area (Å²) in [6, 6.07) is 6.37. The Balaban J connectivity index is 2.62. The van der Waals surface area contributed by atoms with Crippen LogP contribution in [-0.2, 0) is 0 Å². The molecule has 2 rings (SSSR count). The van der Waals surface area contributed by atoms with Crippen molar-refractivity contribution in [2.45, 2.75) is 33.7 Å². The van der Waals surface area contributed by atoms with E-state index in [4.69, 9.17) is 4.74 Å². The molecule has 4 nitrogen and oxygen atoms in total. The van der Waals surface area contributed by atoms with Gasteiger partial charge in [0.1, 0.15) is 5.75 Å². The van der Waals surface area contributed by atoms with Crippen LogP contribution in [0, 0.1) is 27.7 Å². The minimum Gasteiger partial charge on any atom is -0.496 e. The lowest BCUT2D eigenvalue weighted by Crippen LogP contribution is -2.21. The molecule has 1 aromatic heterocycles. The maximum absolute atomic E-state index is 5.66. The Morgan fingerprint density at radius 2 is 1.76 bits per heavy atom. The smallest absolute Gasteiger partial charge is 0.127 e. The van der Waals surface area contributed by atoms with Crippen LogP contribution in [0.4, 0.5) is 0 Å². The van der Waals surface area contributed by atoms with Crippen molar-refractivity contribution < 1.29 is 4.74 Å². The second-order valence-electron chi connectivity index (χ2n) is 5.38. The van der Waals surface area contributed by atoms with Crippen molar-refractivity contribution in [1.82, 2.24) is 15.5 Å². The van der Waals surface area contributed by atoms with Crippen LogP contribution in [-0.4, -0.2) is 24.4 Å². The molecule has 0 aliphatic carbocycles. The Bertz CT molecular complexity index is 653. The van der Waals surface area contributed by atoms with Gasteiger partial charge in [-0.05, 0) is 57.5 Å². The van der Waals surface area contributed by atoms with Crippen molar-refractivity contribution in [3.8, 4) is 5.75 Å². The summed E-state index contributed by atoms with van der Waals surface area (Å²) in [6.07, 6.45) is 0.